The van der Waals surface area contributed by atoms with Gasteiger partial charge in [-0.1, -0.05) is 4.52 Å². The van der Waals surface area contributed by atoms with Crippen LogP contribution >= 0.6 is 0 Å². The van der Waals surface area contributed by atoms with Crippen molar-refractivity contribution in [3.63, 3.8) is 0 Å². The summed E-state index contributed by atoms with van der Waals surface area (Å²) in [5.41, 5.74) is 0. The van der Waals surface area contributed by atoms with Gasteiger partial charge in [-0.05, 0) is 0 Å². The molecule has 6 heteroatoms. The van der Waals surface area contributed by atoms with E-state index in [1.165, 1.54) is 0 Å². The lowest BCUT2D eigenvalue weighted by Gasteiger charge is -1.86. The van der Waals surface area contributed by atoms with Crippen LogP contribution in [0.1, 0.15) is 0 Å². The summed E-state index contributed by atoms with van der Waals surface area (Å²) in [7, 11) is 0. The molecular formula is CHN2O3S-. The lowest BCUT2D eigenvalue weighted by Crippen LogP contribution is -1.75. The zero-order valence-electron chi connectivity index (χ0n) is 3.10. The van der Waals surface area contributed by atoms with Crippen molar-refractivity contribution >= 4 is 17.7 Å². The second kappa shape index (κ2) is 3.57. The highest BCUT2D eigenvalue weighted by Gasteiger charge is 1.64. The molecule has 0 aromatic carbocycles. The third kappa shape index (κ3) is 5.38. The summed E-state index contributed by atoms with van der Waals surface area (Å²) in [5.74, 6) is 0. The standard InChI is InChI=1S/CH2N2O3S/c4-1-2-3-7(5)6/h1H,(H,5,6)/p-1. The Morgan fingerprint density at radius 2 is 2.29 bits per heavy atom. The first-order chi connectivity index (χ1) is 3.27. The molecule has 0 aromatic heterocycles. The van der Waals surface area contributed by atoms with Gasteiger partial charge in [0.25, 0.3) is 6.41 Å². The number of nitrogens with zero attached hydrogens (tertiary/aromatic N) is 2. The third-order valence-corrected chi connectivity index (χ3v) is 0.389. The van der Waals surface area contributed by atoms with Crippen LogP contribution in [-0.2, 0) is 16.1 Å². The van der Waals surface area contributed by atoms with Crippen molar-refractivity contribution in [1.82, 2.24) is 0 Å². The van der Waals surface area contributed by atoms with E-state index in [2.05, 4.69) is 9.63 Å². The Labute approximate surface area is 41.9 Å². The summed E-state index contributed by atoms with van der Waals surface area (Å²) < 4.78 is 21.1. The molecule has 40 valence electrons. The van der Waals surface area contributed by atoms with Crippen molar-refractivity contribution in [2.45, 2.75) is 0 Å². The van der Waals surface area contributed by atoms with E-state index in [1.807, 2.05) is 0 Å². The number of rotatable bonds is 2. The third-order valence-electron chi connectivity index (χ3n) is 0.161. The number of hydrogen-bond acceptors (Lipinski definition) is 3. The van der Waals surface area contributed by atoms with Gasteiger partial charge in [0.05, 0.1) is 11.3 Å². The number of hydrogen-bond donors (Lipinski definition) is 0. The maximum Gasteiger partial charge on any atom is 0.253 e. The Kier molecular flexibility index (Phi) is 3.25. The molecule has 0 aromatic rings. The van der Waals surface area contributed by atoms with Crippen LogP contribution in [0.5, 0.6) is 0 Å². The van der Waals surface area contributed by atoms with Gasteiger partial charge in [0.1, 0.15) is 0 Å². The fraction of sp³-hybridized carbons (Fsp3) is 0. The van der Waals surface area contributed by atoms with Gasteiger partial charge in [0, 0.05) is 0 Å². The molecule has 0 bridgehead atoms. The lowest BCUT2D eigenvalue weighted by molar-refractivity contribution is -0.107. The van der Waals surface area contributed by atoms with E-state index in [0.717, 1.165) is 0 Å². The van der Waals surface area contributed by atoms with E-state index >= 15 is 0 Å². The average Bonchev–Trinajstić information content (AvgIpc) is 1.61. The Hall–Kier alpha value is -0.620. The van der Waals surface area contributed by atoms with Gasteiger partial charge in [-0.2, -0.15) is 0 Å². The molecule has 0 aliphatic carbocycles. The molecule has 5 nitrogen and oxygen atoms in total. The highest BCUT2D eigenvalue weighted by molar-refractivity contribution is 7.77. The lowest BCUT2D eigenvalue weighted by atomic mass is 11.5. The zero-order valence-corrected chi connectivity index (χ0v) is 3.92. The molecule has 0 rings (SSSR count). The van der Waals surface area contributed by atoms with Crippen LogP contribution in [0.25, 0.3) is 0 Å². The predicted molar refractivity (Wildman–Crippen MR) is 19.8 cm³/mol. The second-order valence-corrected chi connectivity index (χ2v) is 1.12. The molecule has 1 unspecified atom stereocenters. The van der Waals surface area contributed by atoms with Gasteiger partial charge in [-0.3, -0.25) is 4.79 Å². The largest absolute Gasteiger partial charge is 0.752 e. The van der Waals surface area contributed by atoms with E-state index in [4.69, 9.17) is 0 Å². The summed E-state index contributed by atoms with van der Waals surface area (Å²) in [6, 6.07) is 0. The first-order valence-corrected chi connectivity index (χ1v) is 2.24. The minimum absolute atomic E-state index is 0.0375. The number of carbonyl (C=O) groups excluding carboxylic acids is 1. The fourth-order valence-electron chi connectivity index (χ4n) is 0.0577. The van der Waals surface area contributed by atoms with Gasteiger partial charge in [0.2, 0.25) is 0 Å². The van der Waals surface area contributed by atoms with Gasteiger partial charge in [-0.25, -0.2) is 4.21 Å². The van der Waals surface area contributed by atoms with E-state index in [0.29, 0.717) is 0 Å². The van der Waals surface area contributed by atoms with Gasteiger partial charge in [-0.15, -0.1) is 5.11 Å². The van der Waals surface area contributed by atoms with E-state index in [-0.39, 0.29) is 6.41 Å². The van der Waals surface area contributed by atoms with Crippen molar-refractivity contribution in [1.29, 1.82) is 0 Å². The molecule has 1 atom stereocenters. The molecule has 0 fully saturated rings. The minimum Gasteiger partial charge on any atom is -0.752 e. The molecule has 0 spiro atoms. The van der Waals surface area contributed by atoms with Crippen LogP contribution in [0, 0.1) is 0 Å². The van der Waals surface area contributed by atoms with Crippen molar-refractivity contribution in [3.8, 4) is 0 Å². The number of carbonyl (C=O) groups is 1. The first kappa shape index (κ1) is 6.38. The van der Waals surface area contributed by atoms with Gasteiger partial charge >= 0.3 is 0 Å². The Balaban J connectivity index is 3.46. The average molecular weight is 121 g/mol. The summed E-state index contributed by atoms with van der Waals surface area (Å²) in [5, 5.41) is 2.50. The summed E-state index contributed by atoms with van der Waals surface area (Å²) in [6.45, 7) is 0. The SMILES string of the molecule is O=CN=NS(=O)[O-]. The van der Waals surface area contributed by atoms with E-state index < -0.39 is 11.3 Å². The van der Waals surface area contributed by atoms with Crippen molar-refractivity contribution < 1.29 is 13.6 Å². The normalized spacial score (nSPS) is 14.4. The maximum absolute atomic E-state index is 9.34. The molecule has 0 saturated heterocycles. The fourth-order valence-corrected chi connectivity index (χ4v) is 0.173. The molecule has 1 amide bonds. The van der Waals surface area contributed by atoms with Crippen molar-refractivity contribution in [2.75, 3.05) is 0 Å². The van der Waals surface area contributed by atoms with Crippen LogP contribution in [0.15, 0.2) is 9.63 Å². The van der Waals surface area contributed by atoms with Crippen LogP contribution in [0.2, 0.25) is 0 Å². The van der Waals surface area contributed by atoms with Gasteiger partial charge < -0.3 is 4.55 Å². The molecular weight excluding hydrogens is 120 g/mol. The highest BCUT2D eigenvalue weighted by Crippen LogP contribution is 1.72. The van der Waals surface area contributed by atoms with Crippen LogP contribution in [0.4, 0.5) is 0 Å². The maximum atomic E-state index is 9.34. The monoisotopic (exact) mass is 121 g/mol. The second-order valence-electron chi connectivity index (χ2n) is 0.520. The van der Waals surface area contributed by atoms with Crippen LogP contribution in [-0.4, -0.2) is 15.2 Å². The minimum atomic E-state index is -2.59. The molecule has 0 aliphatic rings. The molecule has 0 radical (unpaired) electrons. The predicted octanol–water partition coefficient (Wildman–Crippen LogP) is -0.611. The quantitative estimate of drug-likeness (QED) is 0.277. The van der Waals surface area contributed by atoms with Crippen molar-refractivity contribution in [3.05, 3.63) is 0 Å². The topological polar surface area (TPSA) is 81.9 Å². The van der Waals surface area contributed by atoms with E-state index in [9.17, 15) is 13.6 Å². The summed E-state index contributed by atoms with van der Waals surface area (Å²) >= 11 is -2.59. The van der Waals surface area contributed by atoms with Crippen LogP contribution in [0.3, 0.4) is 0 Å². The molecule has 0 heterocycles. The zero-order chi connectivity index (χ0) is 5.70. The first-order valence-electron chi connectivity index (χ1n) is 1.21. The van der Waals surface area contributed by atoms with Crippen molar-refractivity contribution in [2.24, 2.45) is 9.63 Å². The highest BCUT2D eigenvalue weighted by atomic mass is 32.2. The molecule has 7 heavy (non-hydrogen) atoms. The molecule has 0 saturated carbocycles. The Morgan fingerprint density at radius 1 is 1.71 bits per heavy atom. The van der Waals surface area contributed by atoms with E-state index in [1.54, 1.807) is 0 Å². The van der Waals surface area contributed by atoms with Crippen LogP contribution < -0.4 is 0 Å². The number of amides is 1. The molecule has 0 aliphatic heterocycles. The Bertz CT molecular complexity index is 110. The molecule has 0 N–H and O–H groups in total. The smallest absolute Gasteiger partial charge is 0.253 e. The van der Waals surface area contributed by atoms with Gasteiger partial charge in [0.15, 0.2) is 0 Å². The summed E-state index contributed by atoms with van der Waals surface area (Å²) in [6.07, 6.45) is 0.0375. The summed E-state index contributed by atoms with van der Waals surface area (Å²) in [4.78, 5) is 9.18. The Morgan fingerprint density at radius 3 is 2.43 bits per heavy atom.